The summed E-state index contributed by atoms with van der Waals surface area (Å²) in [7, 11) is 1.72. The molecule has 0 aliphatic carbocycles. The first-order valence-corrected chi connectivity index (χ1v) is 6.58. The molecule has 1 unspecified atom stereocenters. The largest absolute Gasteiger partial charge is 0.433 e. The van der Waals surface area contributed by atoms with Crippen molar-refractivity contribution in [3.05, 3.63) is 18.0 Å². The fourth-order valence-electron chi connectivity index (χ4n) is 1.85. The van der Waals surface area contributed by atoms with Gasteiger partial charge in [-0.2, -0.15) is 13.2 Å². The molecule has 0 radical (unpaired) electrons. The molecule has 1 atom stereocenters. The molecule has 8 heteroatoms. The summed E-state index contributed by atoms with van der Waals surface area (Å²) in [6.45, 7) is 4.47. The highest BCUT2D eigenvalue weighted by molar-refractivity contribution is 5.64. The average molecular weight is 304 g/mol. The molecule has 1 rings (SSSR count). The lowest BCUT2D eigenvalue weighted by atomic mass is 10.0. The van der Waals surface area contributed by atoms with Crippen molar-refractivity contribution in [1.29, 1.82) is 0 Å². The third kappa shape index (κ3) is 4.66. The Hall–Kier alpha value is -1.70. The molecule has 0 aliphatic rings. The van der Waals surface area contributed by atoms with Gasteiger partial charge in [-0.15, -0.1) is 0 Å². The third-order valence-corrected chi connectivity index (χ3v) is 2.98. The molecule has 21 heavy (non-hydrogen) atoms. The van der Waals surface area contributed by atoms with Gasteiger partial charge in [-0.25, -0.2) is 9.97 Å². The molecule has 0 fully saturated rings. The fraction of sp³-hybridized carbons (Fsp3) is 0.615. The summed E-state index contributed by atoms with van der Waals surface area (Å²) in [5.41, 5.74) is -1.02. The molecule has 5 nitrogen and oxygen atoms in total. The van der Waals surface area contributed by atoms with E-state index in [1.54, 1.807) is 7.05 Å². The quantitative estimate of drug-likeness (QED) is 0.778. The van der Waals surface area contributed by atoms with Gasteiger partial charge in [0, 0.05) is 19.3 Å². The van der Waals surface area contributed by atoms with Crippen LogP contribution in [-0.4, -0.2) is 42.4 Å². The van der Waals surface area contributed by atoms with Crippen molar-refractivity contribution in [2.75, 3.05) is 25.0 Å². The van der Waals surface area contributed by atoms with Gasteiger partial charge in [0.25, 0.3) is 0 Å². The molecule has 0 saturated heterocycles. The minimum Gasteiger partial charge on any atom is -0.330 e. The molecular weight excluding hydrogens is 285 g/mol. The van der Waals surface area contributed by atoms with Crippen LogP contribution in [0.25, 0.3) is 0 Å². The summed E-state index contributed by atoms with van der Waals surface area (Å²) in [5, 5.41) is 2.90. The number of anilines is 1. The predicted octanol–water partition coefficient (Wildman–Crippen LogP) is 1.74. The highest BCUT2D eigenvalue weighted by Crippen LogP contribution is 2.28. The summed E-state index contributed by atoms with van der Waals surface area (Å²) in [4.78, 5) is 20.2. The molecule has 1 aromatic heterocycles. The lowest BCUT2D eigenvalue weighted by Gasteiger charge is -2.30. The van der Waals surface area contributed by atoms with E-state index in [9.17, 15) is 18.0 Å². The van der Waals surface area contributed by atoms with E-state index in [1.165, 1.54) is 4.90 Å². The lowest BCUT2D eigenvalue weighted by Crippen LogP contribution is -2.44. The molecule has 1 aromatic rings. The van der Waals surface area contributed by atoms with Crippen LogP contribution < -0.4 is 10.2 Å². The van der Waals surface area contributed by atoms with Crippen molar-refractivity contribution in [1.82, 2.24) is 15.3 Å². The Morgan fingerprint density at radius 2 is 2.10 bits per heavy atom. The summed E-state index contributed by atoms with van der Waals surface area (Å²) >= 11 is 0. The molecular formula is C13H19F3N4O. The summed E-state index contributed by atoms with van der Waals surface area (Å²) in [6, 6.07) is 0.229. The Morgan fingerprint density at radius 3 is 2.57 bits per heavy atom. The molecule has 0 bridgehead atoms. The minimum atomic E-state index is -4.54. The van der Waals surface area contributed by atoms with E-state index in [0.717, 1.165) is 12.3 Å². The number of nitrogens with one attached hydrogen (secondary N) is 1. The highest BCUT2D eigenvalue weighted by Gasteiger charge is 2.34. The van der Waals surface area contributed by atoms with Crippen LogP contribution in [0.2, 0.25) is 0 Å². The molecule has 0 spiro atoms. The topological polar surface area (TPSA) is 58.1 Å². The first kappa shape index (κ1) is 17.4. The van der Waals surface area contributed by atoms with Gasteiger partial charge in [0.05, 0.1) is 6.04 Å². The second-order valence-electron chi connectivity index (χ2n) is 4.91. The van der Waals surface area contributed by atoms with Gasteiger partial charge in [0.1, 0.15) is 12.0 Å². The number of halogens is 3. The monoisotopic (exact) mass is 304 g/mol. The van der Waals surface area contributed by atoms with E-state index in [0.29, 0.717) is 19.4 Å². The van der Waals surface area contributed by atoms with Crippen LogP contribution in [-0.2, 0) is 11.0 Å². The summed E-state index contributed by atoms with van der Waals surface area (Å²) < 4.78 is 38.2. The van der Waals surface area contributed by atoms with Crippen molar-refractivity contribution >= 4 is 12.2 Å². The van der Waals surface area contributed by atoms with Crippen molar-refractivity contribution in [3.63, 3.8) is 0 Å². The molecule has 1 heterocycles. The van der Waals surface area contributed by atoms with Crippen LogP contribution in [0, 0.1) is 5.92 Å². The molecule has 0 amide bonds. The number of carbonyl (C=O) groups excluding carboxylic acids is 1. The molecule has 0 aliphatic heterocycles. The van der Waals surface area contributed by atoms with E-state index < -0.39 is 17.9 Å². The number of hydrogen-bond donors (Lipinski definition) is 1. The van der Waals surface area contributed by atoms with Gasteiger partial charge in [-0.1, -0.05) is 13.8 Å². The van der Waals surface area contributed by atoms with Crippen molar-refractivity contribution in [2.24, 2.45) is 5.92 Å². The van der Waals surface area contributed by atoms with Crippen LogP contribution in [0.4, 0.5) is 19.1 Å². The first-order chi connectivity index (χ1) is 9.81. The van der Waals surface area contributed by atoms with E-state index >= 15 is 0 Å². The smallest absolute Gasteiger partial charge is 0.330 e. The van der Waals surface area contributed by atoms with E-state index in [1.807, 2.05) is 13.8 Å². The van der Waals surface area contributed by atoms with Crippen molar-refractivity contribution < 1.29 is 18.0 Å². The Kier molecular flexibility index (Phi) is 6.07. The van der Waals surface area contributed by atoms with E-state index in [4.69, 9.17) is 0 Å². The van der Waals surface area contributed by atoms with Crippen LogP contribution in [0.1, 0.15) is 19.5 Å². The van der Waals surface area contributed by atoms with Gasteiger partial charge < -0.3 is 15.0 Å². The van der Waals surface area contributed by atoms with Crippen molar-refractivity contribution in [3.8, 4) is 0 Å². The number of alkyl halides is 3. The van der Waals surface area contributed by atoms with E-state index in [-0.39, 0.29) is 11.9 Å². The summed E-state index contributed by atoms with van der Waals surface area (Å²) in [6.07, 6.45) is -2.77. The molecule has 0 saturated carbocycles. The van der Waals surface area contributed by atoms with Crippen LogP contribution in [0.3, 0.4) is 0 Å². The first-order valence-electron chi connectivity index (χ1n) is 6.58. The van der Waals surface area contributed by atoms with Gasteiger partial charge >= 0.3 is 6.18 Å². The predicted molar refractivity (Wildman–Crippen MR) is 73.0 cm³/mol. The Morgan fingerprint density at radius 1 is 1.43 bits per heavy atom. The average Bonchev–Trinajstić information content (AvgIpc) is 2.42. The number of carbonyl (C=O) groups is 1. The van der Waals surface area contributed by atoms with Crippen molar-refractivity contribution in [2.45, 2.75) is 26.1 Å². The minimum absolute atomic E-state index is 0.0718. The Labute approximate surface area is 121 Å². The van der Waals surface area contributed by atoms with Crippen LogP contribution >= 0.6 is 0 Å². The van der Waals surface area contributed by atoms with Gasteiger partial charge in [-0.05, 0) is 19.0 Å². The number of likely N-dealkylation sites (N-methyl/N-ethyl adjacent to an activating group) is 1. The maximum absolute atomic E-state index is 12.7. The zero-order valence-corrected chi connectivity index (χ0v) is 12.2. The highest BCUT2D eigenvalue weighted by atomic mass is 19.4. The van der Waals surface area contributed by atoms with Gasteiger partial charge in [0.2, 0.25) is 5.95 Å². The Balaban J connectivity index is 3.16. The lowest BCUT2D eigenvalue weighted by molar-refractivity contribution is -0.141. The van der Waals surface area contributed by atoms with E-state index in [2.05, 4.69) is 15.3 Å². The zero-order chi connectivity index (χ0) is 16.0. The molecule has 118 valence electrons. The van der Waals surface area contributed by atoms with Gasteiger partial charge in [0.15, 0.2) is 0 Å². The zero-order valence-electron chi connectivity index (χ0n) is 12.2. The molecule has 1 N–H and O–H groups in total. The maximum Gasteiger partial charge on any atom is 0.433 e. The fourth-order valence-corrected chi connectivity index (χ4v) is 1.85. The van der Waals surface area contributed by atoms with Crippen LogP contribution in [0.15, 0.2) is 12.3 Å². The number of nitrogens with zero attached hydrogens (tertiary/aromatic N) is 3. The maximum atomic E-state index is 12.7. The number of rotatable bonds is 7. The van der Waals surface area contributed by atoms with Gasteiger partial charge in [-0.3, -0.25) is 0 Å². The number of aromatic nitrogens is 2. The molecule has 0 aromatic carbocycles. The summed E-state index contributed by atoms with van der Waals surface area (Å²) in [5.74, 6) is -0.164. The SMILES string of the molecule is CNCCN(c1nccc(C(F)(F)F)n1)C(C=O)C(C)C. The third-order valence-electron chi connectivity index (χ3n) is 2.98. The number of hydrogen-bond acceptors (Lipinski definition) is 5. The normalized spacial score (nSPS) is 13.3. The second kappa shape index (κ2) is 7.35. The standard InChI is InChI=1S/C13H19F3N4O/c1-9(2)10(8-21)20(7-6-17-3)12-18-5-4-11(19-12)13(14,15)16/h4-5,8-10,17H,6-7H2,1-3H3. The second-order valence-corrected chi connectivity index (χ2v) is 4.91. The Bertz CT molecular complexity index is 465. The number of aldehydes is 1. The van der Waals surface area contributed by atoms with Crippen LogP contribution in [0.5, 0.6) is 0 Å².